The Labute approximate surface area is 151 Å². The topological polar surface area (TPSA) is 51.0 Å². The lowest BCUT2D eigenvalue weighted by molar-refractivity contribution is -0.941. The number of aromatic hydroxyl groups is 1. The number of rotatable bonds is 3. The molecular formula is C20H22NO3S+. The van der Waals surface area contributed by atoms with Gasteiger partial charge in [0.15, 0.2) is 11.5 Å². The van der Waals surface area contributed by atoms with Crippen LogP contribution < -0.4 is 9.64 Å². The first-order valence-corrected chi connectivity index (χ1v) is 9.68. The second-order valence-corrected chi connectivity index (χ2v) is 7.86. The van der Waals surface area contributed by atoms with Crippen molar-refractivity contribution in [1.82, 2.24) is 0 Å². The highest BCUT2D eigenvalue weighted by atomic mass is 32.1. The molecule has 0 radical (unpaired) electrons. The van der Waals surface area contributed by atoms with Crippen LogP contribution in [0, 0.1) is 0 Å². The molecule has 2 aromatic rings. The first kappa shape index (κ1) is 16.4. The lowest BCUT2D eigenvalue weighted by atomic mass is 10.0. The van der Waals surface area contributed by atoms with E-state index in [-0.39, 0.29) is 11.5 Å². The van der Waals surface area contributed by atoms with Crippen molar-refractivity contribution >= 4 is 23.2 Å². The molecule has 0 amide bonds. The van der Waals surface area contributed by atoms with Gasteiger partial charge in [0.1, 0.15) is 12.3 Å². The van der Waals surface area contributed by atoms with Crippen LogP contribution in [0.2, 0.25) is 0 Å². The van der Waals surface area contributed by atoms with Crippen LogP contribution in [0.4, 0.5) is 0 Å². The molecule has 1 aromatic carbocycles. The minimum atomic E-state index is -0.105. The number of hydrogen-bond donors (Lipinski definition) is 2. The van der Waals surface area contributed by atoms with Crippen LogP contribution in [0.1, 0.15) is 47.0 Å². The van der Waals surface area contributed by atoms with Gasteiger partial charge in [-0.1, -0.05) is 6.07 Å². The van der Waals surface area contributed by atoms with Gasteiger partial charge in [-0.15, -0.1) is 11.3 Å². The molecule has 5 heteroatoms. The number of piperidine rings is 1. The lowest BCUT2D eigenvalue weighted by Crippen LogP contribution is -3.14. The smallest absolute Gasteiger partial charge is 0.232 e. The molecule has 1 saturated heterocycles. The first-order chi connectivity index (χ1) is 12.1. The fourth-order valence-corrected chi connectivity index (χ4v) is 4.36. The Morgan fingerprint density at radius 3 is 3.00 bits per heavy atom. The monoisotopic (exact) mass is 356 g/mol. The first-order valence-electron chi connectivity index (χ1n) is 8.80. The molecule has 2 aliphatic heterocycles. The number of thiophene rings is 1. The Balaban J connectivity index is 1.67. The van der Waals surface area contributed by atoms with E-state index in [0.717, 1.165) is 17.0 Å². The maximum Gasteiger partial charge on any atom is 0.232 e. The average molecular weight is 356 g/mol. The van der Waals surface area contributed by atoms with E-state index in [2.05, 4.69) is 6.92 Å². The number of fused-ring (bicyclic) bond motifs is 1. The highest BCUT2D eigenvalue weighted by Gasteiger charge is 2.33. The third-order valence-electron chi connectivity index (χ3n) is 5.22. The van der Waals surface area contributed by atoms with Gasteiger partial charge in [-0.25, -0.2) is 0 Å². The Kier molecular flexibility index (Phi) is 4.36. The van der Waals surface area contributed by atoms with Crippen molar-refractivity contribution in [3.8, 4) is 11.5 Å². The van der Waals surface area contributed by atoms with Crippen LogP contribution >= 0.6 is 11.3 Å². The standard InChI is InChI=1S/C20H21NO3S/c1-13-5-2-3-9-21(13)12-16-17(22)8-7-15-19(23)18(24-20(15)16)11-14-6-4-10-25-14/h4,6-8,10-11,13,22H,2-3,5,9,12H2,1H3/p+1/b18-11-/t13-/m1/s1. The number of ether oxygens (including phenoxy) is 1. The Bertz CT molecular complexity index is 826. The molecule has 1 unspecified atom stereocenters. The summed E-state index contributed by atoms with van der Waals surface area (Å²) in [6, 6.07) is 7.75. The molecule has 2 N–H and O–H groups in total. The zero-order valence-corrected chi connectivity index (χ0v) is 15.1. The number of allylic oxidation sites excluding steroid dienone is 1. The number of phenolic OH excluding ortho intramolecular Hbond substituents is 1. The number of hydrogen-bond acceptors (Lipinski definition) is 4. The molecule has 0 spiro atoms. The second-order valence-electron chi connectivity index (χ2n) is 6.88. The molecule has 0 saturated carbocycles. The van der Waals surface area contributed by atoms with E-state index < -0.39 is 0 Å². The highest BCUT2D eigenvalue weighted by molar-refractivity contribution is 7.10. The van der Waals surface area contributed by atoms with Crippen molar-refractivity contribution < 1.29 is 19.5 Å². The van der Waals surface area contributed by atoms with Crippen molar-refractivity contribution in [3.63, 3.8) is 0 Å². The minimum Gasteiger partial charge on any atom is -0.507 e. The molecular weight excluding hydrogens is 334 g/mol. The predicted octanol–water partition coefficient (Wildman–Crippen LogP) is 3.03. The van der Waals surface area contributed by atoms with E-state index in [0.29, 0.717) is 29.7 Å². The number of carbonyl (C=O) groups excluding carboxylic acids is 1. The van der Waals surface area contributed by atoms with Gasteiger partial charge in [0.25, 0.3) is 0 Å². The highest BCUT2D eigenvalue weighted by Crippen LogP contribution is 2.39. The number of benzene rings is 1. The van der Waals surface area contributed by atoms with Crippen molar-refractivity contribution in [2.75, 3.05) is 6.54 Å². The summed E-state index contributed by atoms with van der Waals surface area (Å²) in [6.45, 7) is 4.04. The van der Waals surface area contributed by atoms with E-state index in [1.807, 2.05) is 17.5 Å². The number of Topliss-reactive ketones (excluding diaryl/α,β-unsaturated/α-hetero) is 1. The number of quaternary nitrogens is 1. The molecule has 25 heavy (non-hydrogen) atoms. The maximum absolute atomic E-state index is 12.7. The summed E-state index contributed by atoms with van der Waals surface area (Å²) in [6.07, 6.45) is 5.46. The van der Waals surface area contributed by atoms with Gasteiger partial charge >= 0.3 is 0 Å². The van der Waals surface area contributed by atoms with Crippen LogP contribution in [0.3, 0.4) is 0 Å². The summed E-state index contributed by atoms with van der Waals surface area (Å²) in [4.78, 5) is 15.1. The third-order valence-corrected chi connectivity index (χ3v) is 6.04. The molecule has 0 bridgehead atoms. The van der Waals surface area contributed by atoms with E-state index in [4.69, 9.17) is 4.74 Å². The number of phenols is 1. The summed E-state index contributed by atoms with van der Waals surface area (Å²) in [5, 5.41) is 12.4. The maximum atomic E-state index is 12.7. The molecule has 130 valence electrons. The molecule has 2 atom stereocenters. The molecule has 4 nitrogen and oxygen atoms in total. The average Bonchev–Trinajstić information content (AvgIpc) is 3.21. The fourth-order valence-electron chi connectivity index (χ4n) is 3.71. The molecule has 4 rings (SSSR count). The largest absolute Gasteiger partial charge is 0.507 e. The number of likely N-dealkylation sites (tertiary alicyclic amines) is 1. The molecule has 1 fully saturated rings. The van der Waals surface area contributed by atoms with E-state index >= 15 is 0 Å². The van der Waals surface area contributed by atoms with Crippen molar-refractivity contribution in [2.24, 2.45) is 0 Å². The molecule has 2 aliphatic rings. The summed E-state index contributed by atoms with van der Waals surface area (Å²) >= 11 is 1.56. The fraction of sp³-hybridized carbons (Fsp3) is 0.350. The molecule has 3 heterocycles. The summed E-state index contributed by atoms with van der Waals surface area (Å²) in [5.41, 5.74) is 1.31. The van der Waals surface area contributed by atoms with Gasteiger partial charge in [0.2, 0.25) is 5.78 Å². The third kappa shape index (κ3) is 3.10. The predicted molar refractivity (Wildman–Crippen MR) is 98.2 cm³/mol. The van der Waals surface area contributed by atoms with Crippen molar-refractivity contribution in [3.05, 3.63) is 51.4 Å². The zero-order chi connectivity index (χ0) is 17.4. The lowest BCUT2D eigenvalue weighted by Gasteiger charge is -2.30. The van der Waals surface area contributed by atoms with Gasteiger partial charge in [-0.2, -0.15) is 0 Å². The minimum absolute atomic E-state index is 0.105. The van der Waals surface area contributed by atoms with Gasteiger partial charge in [0.05, 0.1) is 23.7 Å². The van der Waals surface area contributed by atoms with E-state index in [1.54, 1.807) is 29.5 Å². The Morgan fingerprint density at radius 1 is 1.36 bits per heavy atom. The summed E-state index contributed by atoms with van der Waals surface area (Å²) in [5.74, 6) is 0.990. The van der Waals surface area contributed by atoms with Crippen LogP contribution in [0.5, 0.6) is 11.5 Å². The van der Waals surface area contributed by atoms with Gasteiger partial charge in [-0.05, 0) is 49.8 Å². The number of carbonyl (C=O) groups is 1. The van der Waals surface area contributed by atoms with Crippen LogP contribution in [0.15, 0.2) is 35.4 Å². The van der Waals surface area contributed by atoms with Crippen molar-refractivity contribution in [1.29, 1.82) is 0 Å². The van der Waals surface area contributed by atoms with E-state index in [1.165, 1.54) is 24.2 Å². The van der Waals surface area contributed by atoms with Gasteiger partial charge < -0.3 is 14.7 Å². The number of ketones is 1. The SMILES string of the molecule is C[C@@H]1CCCC[NH+]1Cc1c(O)ccc2c1O/C(=C\c1cccs1)C2=O. The van der Waals surface area contributed by atoms with Crippen LogP contribution in [0.25, 0.3) is 6.08 Å². The van der Waals surface area contributed by atoms with Gasteiger partial charge in [0, 0.05) is 11.0 Å². The van der Waals surface area contributed by atoms with Crippen LogP contribution in [-0.4, -0.2) is 23.5 Å². The van der Waals surface area contributed by atoms with Crippen LogP contribution in [-0.2, 0) is 6.54 Å². The quantitative estimate of drug-likeness (QED) is 0.831. The molecule has 0 aliphatic carbocycles. The van der Waals surface area contributed by atoms with Gasteiger partial charge in [-0.3, -0.25) is 4.79 Å². The van der Waals surface area contributed by atoms with Crippen molar-refractivity contribution in [2.45, 2.75) is 38.8 Å². The van der Waals surface area contributed by atoms with E-state index in [9.17, 15) is 9.90 Å². The molecule has 1 aromatic heterocycles. The Hall–Kier alpha value is -2.11. The second kappa shape index (κ2) is 6.65. The summed E-state index contributed by atoms with van der Waals surface area (Å²) in [7, 11) is 0. The normalized spacial score (nSPS) is 24.4. The zero-order valence-electron chi connectivity index (χ0n) is 14.2. The number of nitrogens with one attached hydrogen (secondary N) is 1. The Morgan fingerprint density at radius 2 is 2.24 bits per heavy atom. The summed E-state index contributed by atoms with van der Waals surface area (Å²) < 4.78 is 5.93.